The number of benzene rings is 1. The van der Waals surface area contributed by atoms with Gasteiger partial charge < -0.3 is 14.7 Å². The summed E-state index contributed by atoms with van der Waals surface area (Å²) in [4.78, 5) is 24.8. The van der Waals surface area contributed by atoms with Gasteiger partial charge >= 0.3 is 12.1 Å². The molecule has 1 aliphatic rings. The predicted octanol–water partition coefficient (Wildman–Crippen LogP) is 2.14. The molecule has 134 valence electrons. The predicted molar refractivity (Wildman–Crippen MR) is 85.7 cm³/mol. The molecule has 2 heterocycles. The molecule has 0 bridgehead atoms. The van der Waals surface area contributed by atoms with Crippen LogP contribution in [0.5, 0.6) is 0 Å². The van der Waals surface area contributed by atoms with Gasteiger partial charge in [-0.15, -0.1) is 5.10 Å². The summed E-state index contributed by atoms with van der Waals surface area (Å²) in [5.74, 6) is -2.12. The number of carboxylic acids is 1. The number of carbonyl (C=O) groups excluding carboxylic acids is 1. The number of hydrogen-bond acceptors (Lipinski definition) is 5. The maximum atomic E-state index is 13.9. The number of likely N-dealkylation sites (tertiary alicyclic amines) is 1. The van der Waals surface area contributed by atoms with E-state index >= 15 is 0 Å². The number of fused-ring (bicyclic) bond motifs is 1. The standard InChI is InChI=1S/C16H19FN4O4/c1-16(2,3)25-15(24)20-6-9(7-20)8-21-13-11(18-19-21)5-4-10(17)12(13)14(22)23/h4-5,9H,6-8H2,1-3H3,(H,22,23). The zero-order valence-corrected chi connectivity index (χ0v) is 14.2. The minimum atomic E-state index is -1.37. The van der Waals surface area contributed by atoms with E-state index in [1.165, 1.54) is 10.7 Å². The molecule has 0 unspecified atom stereocenters. The first-order chi connectivity index (χ1) is 11.7. The second kappa shape index (κ2) is 5.98. The number of ether oxygens (including phenoxy) is 1. The minimum absolute atomic E-state index is 0.0716. The highest BCUT2D eigenvalue weighted by Crippen LogP contribution is 2.25. The monoisotopic (exact) mass is 350 g/mol. The van der Waals surface area contributed by atoms with Crippen LogP contribution in [0.2, 0.25) is 0 Å². The highest BCUT2D eigenvalue weighted by molar-refractivity contribution is 6.01. The van der Waals surface area contributed by atoms with Crippen molar-refractivity contribution in [1.29, 1.82) is 0 Å². The van der Waals surface area contributed by atoms with E-state index in [1.807, 2.05) is 0 Å². The SMILES string of the molecule is CC(C)(C)OC(=O)N1CC(Cn2nnc3ccc(F)c(C(=O)O)c32)C1. The molecule has 2 aromatic rings. The van der Waals surface area contributed by atoms with Gasteiger partial charge in [-0.2, -0.15) is 0 Å². The fourth-order valence-electron chi connectivity index (χ4n) is 2.78. The molecule has 1 aromatic heterocycles. The molecule has 1 aliphatic heterocycles. The topological polar surface area (TPSA) is 97.5 Å². The zero-order valence-electron chi connectivity index (χ0n) is 14.2. The van der Waals surface area contributed by atoms with Gasteiger partial charge in [0.1, 0.15) is 28.0 Å². The average Bonchev–Trinajstić information content (AvgIpc) is 2.82. The van der Waals surface area contributed by atoms with Gasteiger partial charge in [-0.05, 0) is 32.9 Å². The lowest BCUT2D eigenvalue weighted by atomic mass is 10.0. The summed E-state index contributed by atoms with van der Waals surface area (Å²) in [6, 6.07) is 2.47. The Morgan fingerprint density at radius 2 is 2.04 bits per heavy atom. The maximum absolute atomic E-state index is 13.9. The quantitative estimate of drug-likeness (QED) is 0.911. The molecule has 1 N–H and O–H groups in total. The Balaban J connectivity index is 1.73. The van der Waals surface area contributed by atoms with Gasteiger partial charge in [-0.3, -0.25) is 0 Å². The molecule has 0 saturated carbocycles. The van der Waals surface area contributed by atoms with Crippen molar-refractivity contribution >= 4 is 23.1 Å². The van der Waals surface area contributed by atoms with Crippen molar-refractivity contribution in [2.24, 2.45) is 5.92 Å². The highest BCUT2D eigenvalue weighted by atomic mass is 19.1. The van der Waals surface area contributed by atoms with Crippen LogP contribution in [0.3, 0.4) is 0 Å². The first-order valence-electron chi connectivity index (χ1n) is 7.88. The molecule has 1 aromatic carbocycles. The van der Waals surface area contributed by atoms with E-state index in [9.17, 15) is 19.1 Å². The van der Waals surface area contributed by atoms with Gasteiger partial charge in [0.25, 0.3) is 0 Å². The smallest absolute Gasteiger partial charge is 0.410 e. The maximum Gasteiger partial charge on any atom is 0.410 e. The van der Waals surface area contributed by atoms with Crippen LogP contribution >= 0.6 is 0 Å². The van der Waals surface area contributed by atoms with Crippen LogP contribution in [0.25, 0.3) is 11.0 Å². The summed E-state index contributed by atoms with van der Waals surface area (Å²) in [6.45, 7) is 6.67. The molecule has 0 spiro atoms. The van der Waals surface area contributed by atoms with E-state index in [2.05, 4.69) is 10.3 Å². The van der Waals surface area contributed by atoms with Crippen LogP contribution in [0.4, 0.5) is 9.18 Å². The van der Waals surface area contributed by atoms with Crippen molar-refractivity contribution < 1.29 is 23.8 Å². The highest BCUT2D eigenvalue weighted by Gasteiger charge is 2.34. The van der Waals surface area contributed by atoms with Gasteiger partial charge in [0.05, 0.1) is 0 Å². The molecular formula is C16H19FN4O4. The summed E-state index contributed by atoms with van der Waals surface area (Å²) in [7, 11) is 0. The fourth-order valence-corrected chi connectivity index (χ4v) is 2.78. The number of carbonyl (C=O) groups is 2. The Hall–Kier alpha value is -2.71. The van der Waals surface area contributed by atoms with Gasteiger partial charge in [0.2, 0.25) is 0 Å². The van der Waals surface area contributed by atoms with E-state index in [1.54, 1.807) is 25.7 Å². The van der Waals surface area contributed by atoms with Crippen molar-refractivity contribution in [1.82, 2.24) is 19.9 Å². The van der Waals surface area contributed by atoms with Crippen LogP contribution in [-0.4, -0.2) is 55.8 Å². The van der Waals surface area contributed by atoms with Crippen LogP contribution < -0.4 is 0 Å². The van der Waals surface area contributed by atoms with E-state index < -0.39 is 23.0 Å². The normalized spacial score (nSPS) is 15.3. The van der Waals surface area contributed by atoms with Crippen LogP contribution in [-0.2, 0) is 11.3 Å². The molecular weight excluding hydrogens is 331 g/mol. The van der Waals surface area contributed by atoms with E-state index in [0.29, 0.717) is 25.2 Å². The third kappa shape index (κ3) is 3.40. The average molecular weight is 350 g/mol. The Morgan fingerprint density at radius 3 is 2.64 bits per heavy atom. The molecule has 25 heavy (non-hydrogen) atoms. The van der Waals surface area contributed by atoms with Gasteiger partial charge in [-0.25, -0.2) is 18.7 Å². The summed E-state index contributed by atoms with van der Waals surface area (Å²) >= 11 is 0. The van der Waals surface area contributed by atoms with Crippen molar-refractivity contribution in [3.63, 3.8) is 0 Å². The van der Waals surface area contributed by atoms with Gasteiger partial charge in [0, 0.05) is 25.6 Å². The van der Waals surface area contributed by atoms with Gasteiger partial charge in [0.15, 0.2) is 0 Å². The second-order valence-corrected chi connectivity index (χ2v) is 7.12. The number of carboxylic acid groups (broad SMARTS) is 1. The number of aromatic nitrogens is 3. The third-order valence-electron chi connectivity index (χ3n) is 3.88. The summed E-state index contributed by atoms with van der Waals surface area (Å²) in [5, 5.41) is 17.1. The molecule has 9 heteroatoms. The summed E-state index contributed by atoms with van der Waals surface area (Å²) < 4.78 is 20.5. The molecule has 1 fully saturated rings. The van der Waals surface area contributed by atoms with E-state index in [-0.39, 0.29) is 17.5 Å². The molecule has 1 amide bonds. The number of hydrogen-bond donors (Lipinski definition) is 1. The lowest BCUT2D eigenvalue weighted by Gasteiger charge is -2.39. The molecule has 0 aliphatic carbocycles. The minimum Gasteiger partial charge on any atom is -0.478 e. The molecule has 8 nitrogen and oxygen atoms in total. The third-order valence-corrected chi connectivity index (χ3v) is 3.88. The lowest BCUT2D eigenvalue weighted by molar-refractivity contribution is -0.00371. The molecule has 0 radical (unpaired) electrons. The molecule has 3 rings (SSSR count). The first kappa shape index (κ1) is 17.1. The number of rotatable bonds is 3. The molecule has 1 saturated heterocycles. The van der Waals surface area contributed by atoms with Crippen molar-refractivity contribution in [2.75, 3.05) is 13.1 Å². The van der Waals surface area contributed by atoms with Crippen molar-refractivity contribution in [3.05, 3.63) is 23.5 Å². The van der Waals surface area contributed by atoms with Crippen LogP contribution in [0.1, 0.15) is 31.1 Å². The van der Waals surface area contributed by atoms with Gasteiger partial charge in [-0.1, -0.05) is 5.21 Å². The summed E-state index contributed by atoms with van der Waals surface area (Å²) in [5.41, 5.74) is -0.519. The Bertz CT molecular complexity index is 837. The van der Waals surface area contributed by atoms with Crippen molar-refractivity contribution in [3.8, 4) is 0 Å². The number of aromatic carboxylic acids is 1. The Labute approximate surface area is 143 Å². The summed E-state index contributed by atoms with van der Waals surface area (Å²) in [6.07, 6.45) is -0.385. The van der Waals surface area contributed by atoms with Crippen molar-refractivity contribution in [2.45, 2.75) is 32.9 Å². The van der Waals surface area contributed by atoms with E-state index in [4.69, 9.17) is 4.74 Å². The second-order valence-electron chi connectivity index (χ2n) is 7.12. The van der Waals surface area contributed by atoms with Crippen LogP contribution in [0, 0.1) is 11.7 Å². The Morgan fingerprint density at radius 1 is 1.36 bits per heavy atom. The number of amides is 1. The lowest BCUT2D eigenvalue weighted by Crippen LogP contribution is -2.52. The first-order valence-corrected chi connectivity index (χ1v) is 7.88. The fraction of sp³-hybridized carbons (Fsp3) is 0.500. The number of halogens is 1. The Kier molecular flexibility index (Phi) is 4.09. The number of nitrogens with zero attached hydrogens (tertiary/aromatic N) is 4. The van der Waals surface area contributed by atoms with Crippen LogP contribution in [0.15, 0.2) is 12.1 Å². The molecule has 0 atom stereocenters. The largest absolute Gasteiger partial charge is 0.478 e. The van der Waals surface area contributed by atoms with E-state index in [0.717, 1.165) is 6.07 Å². The zero-order chi connectivity index (χ0) is 18.4.